The first-order chi connectivity index (χ1) is 5.04. The smallest absolute Gasteiger partial charge is 0.275 e. The molecule has 0 saturated heterocycles. The summed E-state index contributed by atoms with van der Waals surface area (Å²) in [6.07, 6.45) is 1.10. The largest absolute Gasteiger partial charge is 0.313 e. The van der Waals surface area contributed by atoms with Gasteiger partial charge in [-0.05, 0) is 0 Å². The van der Waals surface area contributed by atoms with Crippen molar-refractivity contribution in [3.63, 3.8) is 0 Å². The molecule has 0 radical (unpaired) electrons. The SMILES string of the molecule is CCC(=O)[N+](C)(C)CCP=O. The first kappa shape index (κ1) is 10.7. The number of amides is 1. The van der Waals surface area contributed by atoms with E-state index in [0.717, 1.165) is 0 Å². The third-order valence-electron chi connectivity index (χ3n) is 1.73. The second-order valence-electron chi connectivity index (χ2n) is 3.01. The number of quaternary nitrogens is 1. The van der Waals surface area contributed by atoms with E-state index in [1.54, 1.807) is 0 Å². The molecule has 0 aromatic heterocycles. The molecule has 0 aliphatic carbocycles. The summed E-state index contributed by atoms with van der Waals surface area (Å²) in [7, 11) is 3.81. The van der Waals surface area contributed by atoms with E-state index in [0.29, 0.717) is 23.6 Å². The molecule has 0 aliphatic heterocycles. The van der Waals surface area contributed by atoms with Crippen molar-refractivity contribution in [2.75, 3.05) is 26.8 Å². The molecule has 0 fully saturated rings. The lowest BCUT2D eigenvalue weighted by Gasteiger charge is -2.24. The van der Waals surface area contributed by atoms with E-state index in [9.17, 15) is 9.36 Å². The van der Waals surface area contributed by atoms with Gasteiger partial charge in [0, 0.05) is 0 Å². The van der Waals surface area contributed by atoms with Crippen molar-refractivity contribution in [2.45, 2.75) is 13.3 Å². The van der Waals surface area contributed by atoms with E-state index in [2.05, 4.69) is 0 Å². The second-order valence-corrected chi connectivity index (χ2v) is 3.71. The van der Waals surface area contributed by atoms with Gasteiger partial charge < -0.3 is 0 Å². The van der Waals surface area contributed by atoms with Gasteiger partial charge in [-0.25, -0.2) is 4.79 Å². The summed E-state index contributed by atoms with van der Waals surface area (Å²) < 4.78 is 10.5. The summed E-state index contributed by atoms with van der Waals surface area (Å²) in [5.41, 5.74) is 0. The molecule has 3 nitrogen and oxygen atoms in total. The number of carbonyl (C=O) groups is 1. The predicted molar refractivity (Wildman–Crippen MR) is 44.7 cm³/mol. The van der Waals surface area contributed by atoms with Crippen LogP contribution in [0.25, 0.3) is 0 Å². The summed E-state index contributed by atoms with van der Waals surface area (Å²) in [5.74, 6) is 0.189. The molecular weight excluding hydrogens is 161 g/mol. The average molecular weight is 176 g/mol. The molecule has 1 amide bonds. The van der Waals surface area contributed by atoms with Crippen LogP contribution in [0.2, 0.25) is 0 Å². The Kier molecular flexibility index (Phi) is 4.46. The lowest BCUT2D eigenvalue weighted by atomic mass is 10.3. The Morgan fingerprint density at radius 1 is 1.45 bits per heavy atom. The van der Waals surface area contributed by atoms with E-state index < -0.39 is 0 Å². The summed E-state index contributed by atoms with van der Waals surface area (Å²) >= 11 is 0. The van der Waals surface area contributed by atoms with E-state index >= 15 is 0 Å². The summed E-state index contributed by atoms with van der Waals surface area (Å²) in [6.45, 7) is 2.50. The number of nitrogens with zero attached hydrogens (tertiary/aromatic N) is 1. The molecule has 0 atom stereocenters. The first-order valence-electron chi connectivity index (χ1n) is 3.70. The Labute approximate surface area is 69.2 Å². The van der Waals surface area contributed by atoms with Crippen LogP contribution in [-0.2, 0) is 9.36 Å². The van der Waals surface area contributed by atoms with Gasteiger partial charge in [-0.3, -0.25) is 9.05 Å². The fraction of sp³-hybridized carbons (Fsp3) is 0.857. The second kappa shape index (κ2) is 4.58. The van der Waals surface area contributed by atoms with Gasteiger partial charge in [0.15, 0.2) is 8.46 Å². The number of hydrogen-bond donors (Lipinski definition) is 0. The third-order valence-corrected chi connectivity index (χ3v) is 2.11. The van der Waals surface area contributed by atoms with E-state index in [1.165, 1.54) is 0 Å². The highest BCUT2D eigenvalue weighted by Gasteiger charge is 2.23. The zero-order valence-corrected chi connectivity index (χ0v) is 8.23. The Hall–Kier alpha value is -0.270. The van der Waals surface area contributed by atoms with Crippen molar-refractivity contribution in [3.8, 4) is 0 Å². The normalized spacial score (nSPS) is 11.9. The van der Waals surface area contributed by atoms with Crippen molar-refractivity contribution in [1.29, 1.82) is 0 Å². The van der Waals surface area contributed by atoms with Crippen molar-refractivity contribution >= 4 is 14.4 Å². The zero-order chi connectivity index (χ0) is 8.91. The van der Waals surface area contributed by atoms with Gasteiger partial charge in [0.1, 0.15) is 0 Å². The topological polar surface area (TPSA) is 34.1 Å². The Bertz CT molecular complexity index is 157. The molecule has 11 heavy (non-hydrogen) atoms. The van der Waals surface area contributed by atoms with Crippen molar-refractivity contribution in [3.05, 3.63) is 0 Å². The summed E-state index contributed by atoms with van der Waals surface area (Å²) in [6, 6.07) is 0. The molecule has 4 heteroatoms. The van der Waals surface area contributed by atoms with Crippen molar-refractivity contribution in [1.82, 2.24) is 0 Å². The van der Waals surface area contributed by atoms with Crippen LogP contribution in [0.1, 0.15) is 13.3 Å². The van der Waals surface area contributed by atoms with Gasteiger partial charge >= 0.3 is 5.91 Å². The highest BCUT2D eigenvalue weighted by Crippen LogP contribution is 2.04. The Morgan fingerprint density at radius 2 is 2.00 bits per heavy atom. The van der Waals surface area contributed by atoms with Crippen LogP contribution < -0.4 is 0 Å². The van der Waals surface area contributed by atoms with Crippen LogP contribution in [0.4, 0.5) is 0 Å². The molecule has 0 aromatic rings. The highest BCUT2D eigenvalue weighted by atomic mass is 31.1. The highest BCUT2D eigenvalue weighted by molar-refractivity contribution is 7.23. The minimum atomic E-state index is 0.123. The molecule has 0 saturated carbocycles. The summed E-state index contributed by atoms with van der Waals surface area (Å²) in [4.78, 5) is 11.2. The summed E-state index contributed by atoms with van der Waals surface area (Å²) in [5, 5.41) is 0. The molecule has 0 bridgehead atoms. The number of hydrogen-bond acceptors (Lipinski definition) is 2. The quantitative estimate of drug-likeness (QED) is 0.477. The van der Waals surface area contributed by atoms with Gasteiger partial charge in [-0.1, -0.05) is 6.92 Å². The van der Waals surface area contributed by atoms with Crippen LogP contribution >= 0.6 is 8.46 Å². The van der Waals surface area contributed by atoms with Crippen LogP contribution in [-0.4, -0.2) is 37.2 Å². The zero-order valence-electron chi connectivity index (χ0n) is 7.33. The molecule has 0 heterocycles. The van der Waals surface area contributed by atoms with Gasteiger partial charge in [0.2, 0.25) is 0 Å². The molecule has 0 unspecified atom stereocenters. The molecule has 0 aliphatic rings. The van der Waals surface area contributed by atoms with Gasteiger partial charge in [0.25, 0.3) is 0 Å². The van der Waals surface area contributed by atoms with Crippen LogP contribution in [0.15, 0.2) is 0 Å². The predicted octanol–water partition coefficient (Wildman–Crippen LogP) is 1.29. The fourth-order valence-electron chi connectivity index (χ4n) is 0.844. The van der Waals surface area contributed by atoms with Crippen LogP contribution in [0.5, 0.6) is 0 Å². The van der Waals surface area contributed by atoms with E-state index in [4.69, 9.17) is 0 Å². The molecule has 64 valence electrons. The van der Waals surface area contributed by atoms with Gasteiger partial charge in [0.05, 0.1) is 33.2 Å². The maximum absolute atomic E-state index is 11.2. The van der Waals surface area contributed by atoms with Crippen molar-refractivity contribution < 1.29 is 13.8 Å². The standard InChI is InChI=1S/C7H15NO2P/c1-4-7(9)8(2,3)5-6-11-10/h4-6H2,1-3H3/q+1. The monoisotopic (exact) mass is 176 g/mol. The Balaban J connectivity index is 3.97. The molecule has 0 spiro atoms. The van der Waals surface area contributed by atoms with E-state index in [-0.39, 0.29) is 14.4 Å². The molecule has 0 aromatic carbocycles. The molecular formula is C7H15NO2P+. The fourth-order valence-corrected chi connectivity index (χ4v) is 1.43. The third kappa shape index (κ3) is 3.59. The maximum atomic E-state index is 11.2. The van der Waals surface area contributed by atoms with Gasteiger partial charge in [-0.2, -0.15) is 0 Å². The number of rotatable bonds is 4. The van der Waals surface area contributed by atoms with Crippen LogP contribution in [0, 0.1) is 0 Å². The number of carbonyl (C=O) groups excluding carboxylic acids is 1. The molecule has 0 rings (SSSR count). The minimum absolute atomic E-state index is 0.123. The lowest BCUT2D eigenvalue weighted by molar-refractivity contribution is -0.811. The van der Waals surface area contributed by atoms with E-state index in [1.807, 2.05) is 21.0 Å². The van der Waals surface area contributed by atoms with Gasteiger partial charge in [-0.15, -0.1) is 0 Å². The van der Waals surface area contributed by atoms with Crippen LogP contribution in [0.3, 0.4) is 0 Å². The maximum Gasteiger partial charge on any atom is 0.313 e. The Morgan fingerprint density at radius 3 is 2.36 bits per heavy atom. The average Bonchev–Trinajstić information content (AvgIpc) is 1.99. The van der Waals surface area contributed by atoms with Crippen molar-refractivity contribution in [2.24, 2.45) is 0 Å². The lowest BCUT2D eigenvalue weighted by Crippen LogP contribution is -2.46. The first-order valence-corrected chi connectivity index (χ1v) is 4.70. The molecule has 0 N–H and O–H groups in total. The minimum Gasteiger partial charge on any atom is -0.275 e.